The van der Waals surface area contributed by atoms with Crippen LogP contribution in [0.4, 0.5) is 10.3 Å². The molecule has 0 spiro atoms. The number of anilines is 1. The summed E-state index contributed by atoms with van der Waals surface area (Å²) in [6.07, 6.45) is 1.15. The van der Waals surface area contributed by atoms with Gasteiger partial charge in [-0.3, -0.25) is 0 Å². The summed E-state index contributed by atoms with van der Waals surface area (Å²) < 4.78 is 22.0. The molecule has 2 aliphatic rings. The van der Waals surface area contributed by atoms with Gasteiger partial charge in [-0.15, -0.1) is 0 Å². The van der Waals surface area contributed by atoms with E-state index < -0.39 is 6.10 Å². The third-order valence-electron chi connectivity index (χ3n) is 5.61. The predicted octanol–water partition coefficient (Wildman–Crippen LogP) is 4.98. The van der Waals surface area contributed by atoms with E-state index in [4.69, 9.17) is 4.74 Å². The van der Waals surface area contributed by atoms with Crippen LogP contribution in [-0.2, 0) is 0 Å². The lowest BCUT2D eigenvalue weighted by Gasteiger charge is -2.38. The quantitative estimate of drug-likeness (QED) is 0.519. The molecule has 1 aromatic heterocycles. The van der Waals surface area contributed by atoms with Crippen LogP contribution in [0.2, 0.25) is 0 Å². The van der Waals surface area contributed by atoms with Crippen molar-refractivity contribution in [2.75, 3.05) is 5.32 Å². The molecule has 6 heteroatoms. The maximum Gasteiger partial charge on any atom is 0.226 e. The first-order valence-electron chi connectivity index (χ1n) is 9.76. The first-order valence-corrected chi connectivity index (χ1v) is 9.76. The molecule has 0 amide bonds. The monoisotopic (exact) mass is 396 g/mol. The fourth-order valence-corrected chi connectivity index (χ4v) is 4.29. The summed E-state index contributed by atoms with van der Waals surface area (Å²) in [5.41, 5.74) is 4.91. The standard InChI is InChI=1S/C24H17FN4O/c25-17-12-10-16(11-13-17)23-20-21(18-8-4-5-9-19(18)30-23)28-24-26-14-27-29(24)22(20)15-6-2-1-3-7-15/h1-14,22-23H,(H,26,27,28)/t22-,23+/m1/s1. The minimum Gasteiger partial charge on any atom is -0.480 e. The highest BCUT2D eigenvalue weighted by Crippen LogP contribution is 2.50. The molecule has 0 aliphatic carbocycles. The lowest BCUT2D eigenvalue weighted by atomic mass is 9.84. The zero-order valence-corrected chi connectivity index (χ0v) is 15.9. The van der Waals surface area contributed by atoms with Gasteiger partial charge in [0.2, 0.25) is 5.95 Å². The minimum absolute atomic E-state index is 0.205. The average molecular weight is 396 g/mol. The van der Waals surface area contributed by atoms with Gasteiger partial charge in [0.25, 0.3) is 0 Å². The molecule has 6 rings (SSSR count). The molecule has 146 valence electrons. The molecule has 0 bridgehead atoms. The number of rotatable bonds is 2. The van der Waals surface area contributed by atoms with Crippen molar-refractivity contribution in [3.8, 4) is 5.75 Å². The number of fused-ring (bicyclic) bond motifs is 3. The molecule has 0 saturated heterocycles. The van der Waals surface area contributed by atoms with E-state index in [-0.39, 0.29) is 11.9 Å². The Bertz CT molecular complexity index is 1260. The molecule has 0 radical (unpaired) electrons. The Morgan fingerprint density at radius 2 is 1.63 bits per heavy atom. The lowest BCUT2D eigenvalue weighted by Crippen LogP contribution is -2.32. The second-order valence-corrected chi connectivity index (χ2v) is 7.34. The summed E-state index contributed by atoms with van der Waals surface area (Å²) in [4.78, 5) is 4.42. The largest absolute Gasteiger partial charge is 0.480 e. The number of nitrogens with one attached hydrogen (secondary N) is 1. The number of hydrogen-bond acceptors (Lipinski definition) is 4. The van der Waals surface area contributed by atoms with Crippen LogP contribution in [0.5, 0.6) is 5.75 Å². The average Bonchev–Trinajstić information content (AvgIpc) is 3.26. The first kappa shape index (κ1) is 17.0. The number of para-hydroxylation sites is 1. The highest BCUT2D eigenvalue weighted by Gasteiger charge is 2.40. The van der Waals surface area contributed by atoms with Crippen LogP contribution < -0.4 is 10.1 Å². The molecule has 0 saturated carbocycles. The fourth-order valence-electron chi connectivity index (χ4n) is 4.29. The van der Waals surface area contributed by atoms with Gasteiger partial charge in [0, 0.05) is 11.1 Å². The molecule has 0 fully saturated rings. The minimum atomic E-state index is -0.398. The fraction of sp³-hybridized carbons (Fsp3) is 0.0833. The van der Waals surface area contributed by atoms with E-state index >= 15 is 0 Å². The highest BCUT2D eigenvalue weighted by atomic mass is 19.1. The van der Waals surface area contributed by atoms with Crippen LogP contribution in [0.1, 0.15) is 28.8 Å². The topological polar surface area (TPSA) is 52.0 Å². The molecule has 1 N–H and O–H groups in total. The highest BCUT2D eigenvalue weighted by molar-refractivity contribution is 5.85. The van der Waals surface area contributed by atoms with E-state index in [0.717, 1.165) is 33.7 Å². The zero-order chi connectivity index (χ0) is 20.1. The zero-order valence-electron chi connectivity index (χ0n) is 15.9. The van der Waals surface area contributed by atoms with E-state index in [0.29, 0.717) is 5.95 Å². The van der Waals surface area contributed by atoms with Crippen molar-refractivity contribution < 1.29 is 9.13 Å². The SMILES string of the molecule is Fc1ccc([C@@H]2Oc3ccccc3C3=C2[C@@H](c2ccccc2)n2ncnc2N3)cc1. The number of aromatic nitrogens is 3. The Balaban J connectivity index is 1.63. The van der Waals surface area contributed by atoms with Crippen molar-refractivity contribution in [3.05, 3.63) is 113 Å². The van der Waals surface area contributed by atoms with Gasteiger partial charge in [0.1, 0.15) is 30.0 Å². The Labute approximate surface area is 172 Å². The normalized spacial score (nSPS) is 19.2. The second-order valence-electron chi connectivity index (χ2n) is 7.34. The maximum atomic E-state index is 13.6. The van der Waals surface area contributed by atoms with E-state index in [1.165, 1.54) is 12.1 Å². The van der Waals surface area contributed by atoms with Crippen LogP contribution in [-0.4, -0.2) is 14.8 Å². The molecule has 30 heavy (non-hydrogen) atoms. The van der Waals surface area contributed by atoms with Gasteiger partial charge in [-0.1, -0.05) is 54.6 Å². The summed E-state index contributed by atoms with van der Waals surface area (Å²) in [5.74, 6) is 1.18. The lowest BCUT2D eigenvalue weighted by molar-refractivity contribution is 0.223. The summed E-state index contributed by atoms with van der Waals surface area (Å²) in [5, 5.41) is 7.96. The van der Waals surface area contributed by atoms with Crippen molar-refractivity contribution >= 4 is 11.6 Å². The van der Waals surface area contributed by atoms with E-state index in [9.17, 15) is 4.39 Å². The van der Waals surface area contributed by atoms with E-state index in [2.05, 4.69) is 27.5 Å². The van der Waals surface area contributed by atoms with Crippen molar-refractivity contribution in [3.63, 3.8) is 0 Å². The van der Waals surface area contributed by atoms with E-state index in [1.54, 1.807) is 18.5 Å². The van der Waals surface area contributed by atoms with Crippen LogP contribution in [0.25, 0.3) is 5.70 Å². The van der Waals surface area contributed by atoms with Gasteiger partial charge in [-0.2, -0.15) is 10.1 Å². The molecular weight excluding hydrogens is 379 g/mol. The Morgan fingerprint density at radius 1 is 0.867 bits per heavy atom. The van der Waals surface area contributed by atoms with Crippen LogP contribution in [0.3, 0.4) is 0 Å². The maximum absolute atomic E-state index is 13.6. The van der Waals surface area contributed by atoms with Gasteiger partial charge in [0.05, 0.1) is 5.70 Å². The van der Waals surface area contributed by atoms with Gasteiger partial charge < -0.3 is 10.1 Å². The van der Waals surface area contributed by atoms with Crippen molar-refractivity contribution in [2.24, 2.45) is 0 Å². The molecule has 2 atom stereocenters. The smallest absolute Gasteiger partial charge is 0.226 e. The van der Waals surface area contributed by atoms with Gasteiger partial charge in [0.15, 0.2) is 0 Å². The van der Waals surface area contributed by atoms with E-state index in [1.807, 2.05) is 47.1 Å². The molecule has 4 aromatic rings. The van der Waals surface area contributed by atoms with Gasteiger partial charge >= 0.3 is 0 Å². The molecule has 3 aromatic carbocycles. The predicted molar refractivity (Wildman–Crippen MR) is 111 cm³/mol. The number of halogens is 1. The van der Waals surface area contributed by atoms with Crippen LogP contribution in [0.15, 0.2) is 90.8 Å². The summed E-state index contributed by atoms with van der Waals surface area (Å²) >= 11 is 0. The van der Waals surface area contributed by atoms with Crippen LogP contribution >= 0.6 is 0 Å². The summed E-state index contributed by atoms with van der Waals surface area (Å²) in [7, 11) is 0. The molecule has 3 heterocycles. The molecular formula is C24H17FN4O. The third kappa shape index (κ3) is 2.54. The van der Waals surface area contributed by atoms with Crippen LogP contribution in [0, 0.1) is 5.82 Å². The third-order valence-corrected chi connectivity index (χ3v) is 5.61. The Hall–Kier alpha value is -3.93. The summed E-state index contributed by atoms with van der Waals surface area (Å²) in [6, 6.07) is 24.4. The molecule has 0 unspecified atom stereocenters. The first-order chi connectivity index (χ1) is 14.8. The van der Waals surface area contributed by atoms with Crippen molar-refractivity contribution in [1.29, 1.82) is 0 Å². The number of hydrogen-bond donors (Lipinski definition) is 1. The number of benzene rings is 3. The Kier molecular flexibility index (Phi) is 3.71. The second kappa shape index (κ2) is 6.56. The van der Waals surface area contributed by atoms with Crippen molar-refractivity contribution in [2.45, 2.75) is 12.1 Å². The Morgan fingerprint density at radius 3 is 2.47 bits per heavy atom. The molecule has 2 aliphatic heterocycles. The summed E-state index contributed by atoms with van der Waals surface area (Å²) in [6.45, 7) is 0. The molecule has 5 nitrogen and oxygen atoms in total. The number of ether oxygens (including phenoxy) is 1. The van der Waals surface area contributed by atoms with Gasteiger partial charge in [-0.25, -0.2) is 9.07 Å². The number of nitrogens with zero attached hydrogens (tertiary/aromatic N) is 3. The van der Waals surface area contributed by atoms with Gasteiger partial charge in [-0.05, 0) is 35.4 Å². The van der Waals surface area contributed by atoms with Crippen molar-refractivity contribution in [1.82, 2.24) is 14.8 Å².